The Bertz CT molecular complexity index is 238. The minimum absolute atomic E-state index is 0.184. The molecule has 0 aromatic heterocycles. The molecule has 0 aromatic rings. The molecule has 0 aromatic carbocycles. The Morgan fingerprint density at radius 1 is 1.35 bits per heavy atom. The van der Waals surface area contributed by atoms with E-state index in [1.54, 1.807) is 6.92 Å². The number of carbonyl (C=O) groups is 1. The molecule has 0 fully saturated rings. The lowest BCUT2D eigenvalue weighted by Gasteiger charge is -2.23. The molecule has 0 N–H and O–H groups in total. The largest absolute Gasteiger partial charge is 0.461 e. The molecule has 0 amide bonds. The van der Waals surface area contributed by atoms with Crippen LogP contribution in [-0.2, 0) is 9.53 Å². The average Bonchev–Trinajstić information content (AvgIpc) is 2.26. The fourth-order valence-electron chi connectivity index (χ4n) is 1.55. The maximum absolute atomic E-state index is 11.2. The van der Waals surface area contributed by atoms with Crippen LogP contribution in [0.4, 0.5) is 0 Å². The summed E-state index contributed by atoms with van der Waals surface area (Å²) in [6, 6.07) is 0. The van der Waals surface area contributed by atoms with Crippen LogP contribution in [0.5, 0.6) is 0 Å². The van der Waals surface area contributed by atoms with Crippen LogP contribution in [0.3, 0.4) is 0 Å². The van der Waals surface area contributed by atoms with Crippen molar-refractivity contribution in [1.29, 1.82) is 0 Å². The zero-order valence-corrected chi connectivity index (χ0v) is 12.8. The van der Waals surface area contributed by atoms with E-state index in [1.165, 1.54) is 0 Å². The van der Waals surface area contributed by atoms with Gasteiger partial charge in [-0.1, -0.05) is 36.4 Å². The van der Waals surface area contributed by atoms with Gasteiger partial charge in [0.1, 0.15) is 6.61 Å². The normalized spacial score (nSPS) is 12.5. The molecule has 1 atom stereocenters. The van der Waals surface area contributed by atoms with Crippen LogP contribution in [0.15, 0.2) is 12.2 Å². The van der Waals surface area contributed by atoms with E-state index in [0.717, 1.165) is 32.5 Å². The molecule has 0 heterocycles. The number of rotatable bonds is 9. The minimum Gasteiger partial charge on any atom is -0.461 e. The van der Waals surface area contributed by atoms with Gasteiger partial charge in [0, 0.05) is 12.1 Å². The third-order valence-corrected chi connectivity index (χ3v) is 2.83. The van der Waals surface area contributed by atoms with Crippen molar-refractivity contribution in [3.05, 3.63) is 12.2 Å². The van der Waals surface area contributed by atoms with Gasteiger partial charge in [-0.15, -0.1) is 0 Å². The predicted molar refractivity (Wildman–Crippen MR) is 75.5 cm³/mol. The maximum atomic E-state index is 11.2. The Balaban J connectivity index is 3.92. The number of ether oxygens (including phenoxy) is 1. The summed E-state index contributed by atoms with van der Waals surface area (Å²) < 4.78 is 5.11. The number of halogens is 1. The summed E-state index contributed by atoms with van der Waals surface area (Å²) in [6.45, 7) is 13.0. The second kappa shape index (κ2) is 9.66. The van der Waals surface area contributed by atoms with Crippen LogP contribution in [0, 0.1) is 0 Å². The smallest absolute Gasteiger partial charge is 0.333 e. The summed E-state index contributed by atoms with van der Waals surface area (Å²) in [5.41, 5.74) is 0.448. The summed E-state index contributed by atoms with van der Waals surface area (Å²) in [6.07, 6.45) is 2.29. The van der Waals surface area contributed by atoms with Gasteiger partial charge in [0.25, 0.3) is 0 Å². The van der Waals surface area contributed by atoms with Crippen LogP contribution in [-0.4, -0.2) is 41.9 Å². The highest BCUT2D eigenvalue weighted by molar-refractivity contribution is 9.09. The molecule has 0 aliphatic rings. The van der Waals surface area contributed by atoms with Crippen LogP contribution in [0.2, 0.25) is 0 Å². The van der Waals surface area contributed by atoms with Crippen molar-refractivity contribution >= 4 is 21.9 Å². The Labute approximate surface area is 113 Å². The predicted octanol–water partition coefficient (Wildman–Crippen LogP) is 2.99. The summed E-state index contributed by atoms with van der Waals surface area (Å²) in [5.74, 6) is -0.313. The third-order valence-electron chi connectivity index (χ3n) is 2.28. The highest BCUT2D eigenvalue weighted by Crippen LogP contribution is 2.06. The fraction of sp³-hybridized carbons (Fsp3) is 0.769. The lowest BCUT2D eigenvalue weighted by atomic mass is 10.3. The molecule has 17 heavy (non-hydrogen) atoms. The van der Waals surface area contributed by atoms with Crippen molar-refractivity contribution in [2.45, 2.75) is 38.4 Å². The van der Waals surface area contributed by atoms with Crippen molar-refractivity contribution in [2.75, 3.05) is 26.2 Å². The van der Waals surface area contributed by atoms with Gasteiger partial charge in [-0.25, -0.2) is 4.79 Å². The monoisotopic (exact) mass is 305 g/mol. The van der Waals surface area contributed by atoms with Gasteiger partial charge < -0.3 is 9.64 Å². The van der Waals surface area contributed by atoms with E-state index in [9.17, 15) is 4.79 Å². The fourth-order valence-corrected chi connectivity index (χ4v) is 2.09. The zero-order chi connectivity index (χ0) is 13.3. The highest BCUT2D eigenvalue weighted by Gasteiger charge is 2.13. The van der Waals surface area contributed by atoms with E-state index >= 15 is 0 Å². The molecule has 0 spiro atoms. The second-order valence-electron chi connectivity index (χ2n) is 4.28. The van der Waals surface area contributed by atoms with Gasteiger partial charge >= 0.3 is 5.97 Å². The Kier molecular flexibility index (Phi) is 9.46. The quantitative estimate of drug-likeness (QED) is 0.372. The average molecular weight is 306 g/mol. The summed E-state index contributed by atoms with van der Waals surface area (Å²) in [4.78, 5) is 13.8. The van der Waals surface area contributed by atoms with Crippen molar-refractivity contribution in [1.82, 2.24) is 4.90 Å². The summed E-state index contributed by atoms with van der Waals surface area (Å²) in [7, 11) is 0. The topological polar surface area (TPSA) is 29.5 Å². The van der Waals surface area contributed by atoms with Gasteiger partial charge in [0.2, 0.25) is 0 Å². The minimum atomic E-state index is -0.313. The molecule has 0 saturated carbocycles. The van der Waals surface area contributed by atoms with Crippen molar-refractivity contribution < 1.29 is 9.53 Å². The number of hydrogen-bond acceptors (Lipinski definition) is 3. The van der Waals surface area contributed by atoms with E-state index in [4.69, 9.17) is 4.74 Å². The standard InChI is InChI=1S/C13H24BrNO2/c1-5-7-15(8-6-2)9-12(14)10-17-13(16)11(3)4/h12H,3,5-10H2,1-2,4H3. The van der Waals surface area contributed by atoms with Crippen LogP contribution in [0.1, 0.15) is 33.6 Å². The first-order valence-electron chi connectivity index (χ1n) is 6.20. The SMILES string of the molecule is C=C(C)C(=O)OCC(Br)CN(CCC)CCC. The Morgan fingerprint density at radius 2 is 1.88 bits per heavy atom. The molecule has 0 bridgehead atoms. The van der Waals surface area contributed by atoms with Gasteiger partial charge in [-0.05, 0) is 32.9 Å². The van der Waals surface area contributed by atoms with Crippen LogP contribution >= 0.6 is 15.9 Å². The van der Waals surface area contributed by atoms with Crippen molar-refractivity contribution in [3.8, 4) is 0 Å². The van der Waals surface area contributed by atoms with Crippen molar-refractivity contribution in [2.24, 2.45) is 0 Å². The number of hydrogen-bond donors (Lipinski definition) is 0. The highest BCUT2D eigenvalue weighted by atomic mass is 79.9. The zero-order valence-electron chi connectivity index (χ0n) is 11.2. The maximum Gasteiger partial charge on any atom is 0.333 e. The van der Waals surface area contributed by atoms with E-state index in [0.29, 0.717) is 12.2 Å². The molecule has 4 heteroatoms. The summed E-state index contributed by atoms with van der Waals surface area (Å²) in [5, 5.41) is 0. The van der Waals surface area contributed by atoms with Gasteiger partial charge in [0.05, 0.1) is 4.83 Å². The van der Waals surface area contributed by atoms with Crippen LogP contribution in [0.25, 0.3) is 0 Å². The van der Waals surface area contributed by atoms with E-state index in [-0.39, 0.29) is 10.8 Å². The third kappa shape index (κ3) is 8.38. The number of carbonyl (C=O) groups excluding carboxylic acids is 1. The first kappa shape index (κ1) is 16.6. The molecule has 0 rings (SSSR count). The summed E-state index contributed by atoms with van der Waals surface area (Å²) >= 11 is 3.55. The molecule has 100 valence electrons. The molecule has 0 aliphatic heterocycles. The lowest BCUT2D eigenvalue weighted by Crippen LogP contribution is -2.33. The lowest BCUT2D eigenvalue weighted by molar-refractivity contribution is -0.138. The molecule has 0 saturated heterocycles. The Hall–Kier alpha value is -0.350. The first-order valence-corrected chi connectivity index (χ1v) is 7.11. The van der Waals surface area contributed by atoms with Gasteiger partial charge in [-0.2, -0.15) is 0 Å². The van der Waals surface area contributed by atoms with Gasteiger partial charge in [-0.3, -0.25) is 0 Å². The molecule has 3 nitrogen and oxygen atoms in total. The van der Waals surface area contributed by atoms with E-state index < -0.39 is 0 Å². The number of alkyl halides is 1. The van der Waals surface area contributed by atoms with E-state index in [2.05, 4.69) is 41.3 Å². The van der Waals surface area contributed by atoms with Gasteiger partial charge in [0.15, 0.2) is 0 Å². The van der Waals surface area contributed by atoms with Crippen molar-refractivity contribution in [3.63, 3.8) is 0 Å². The molecule has 0 aliphatic carbocycles. The van der Waals surface area contributed by atoms with E-state index in [1.807, 2.05) is 0 Å². The first-order chi connectivity index (χ1) is 8.01. The molecule has 1 unspecified atom stereocenters. The van der Waals surface area contributed by atoms with Crippen LogP contribution < -0.4 is 0 Å². The second-order valence-corrected chi connectivity index (χ2v) is 5.57. The molecular formula is C13H24BrNO2. The molecular weight excluding hydrogens is 282 g/mol. The number of nitrogens with zero attached hydrogens (tertiary/aromatic N) is 1. The molecule has 0 radical (unpaired) electrons. The number of esters is 1. The Morgan fingerprint density at radius 3 is 2.29 bits per heavy atom.